The second-order valence-electron chi connectivity index (χ2n) is 8.29. The predicted octanol–water partition coefficient (Wildman–Crippen LogP) is 4.51. The zero-order chi connectivity index (χ0) is 25.2. The number of sulfonamides is 1. The fourth-order valence-corrected chi connectivity index (χ4v) is 6.11. The van der Waals surface area contributed by atoms with Crippen LogP contribution in [0.1, 0.15) is 27.0 Å². The minimum Gasteiger partial charge on any atom is -0.305 e. The summed E-state index contributed by atoms with van der Waals surface area (Å²) in [6.07, 6.45) is 5.57. The van der Waals surface area contributed by atoms with Gasteiger partial charge in [-0.2, -0.15) is 9.30 Å². The second kappa shape index (κ2) is 10.0. The Morgan fingerprint density at radius 2 is 1.77 bits per heavy atom. The number of carbonyl (C=O) groups is 1. The molecule has 0 N–H and O–H groups in total. The van der Waals surface area contributed by atoms with Crippen LogP contribution in [-0.2, 0) is 23.1 Å². The van der Waals surface area contributed by atoms with Gasteiger partial charge < -0.3 is 4.57 Å². The van der Waals surface area contributed by atoms with Crippen LogP contribution < -0.4 is 4.80 Å². The molecule has 0 aliphatic rings. The molecular weight excluding hydrogens is 478 g/mol. The Bertz CT molecular complexity index is 1610. The highest BCUT2D eigenvalue weighted by molar-refractivity contribution is 7.89. The summed E-state index contributed by atoms with van der Waals surface area (Å²) >= 11 is 1.41. The maximum atomic E-state index is 13.0. The van der Waals surface area contributed by atoms with Gasteiger partial charge in [0, 0.05) is 19.2 Å². The first kappa shape index (κ1) is 24.6. The van der Waals surface area contributed by atoms with Gasteiger partial charge in [-0.1, -0.05) is 53.7 Å². The van der Waals surface area contributed by atoms with E-state index in [2.05, 4.69) is 17.0 Å². The van der Waals surface area contributed by atoms with E-state index in [1.807, 2.05) is 54.8 Å². The molecule has 0 radical (unpaired) electrons. The van der Waals surface area contributed by atoms with Gasteiger partial charge in [0.15, 0.2) is 4.80 Å². The van der Waals surface area contributed by atoms with Gasteiger partial charge in [-0.3, -0.25) is 4.79 Å². The molecule has 0 saturated carbocycles. The SMILES string of the molecule is C#CCn1c(=NC(=O)c2ccc(S(=O)(=O)N(C)Cc3ccccc3)cc2)sc2c(C)cc(C)cc21. The number of fused-ring (bicyclic) bond motifs is 1. The zero-order valence-corrected chi connectivity index (χ0v) is 21.4. The van der Waals surface area contributed by atoms with Crippen molar-refractivity contribution < 1.29 is 13.2 Å². The molecule has 3 aromatic carbocycles. The molecule has 1 heterocycles. The maximum Gasteiger partial charge on any atom is 0.279 e. The van der Waals surface area contributed by atoms with Crippen molar-refractivity contribution in [1.82, 2.24) is 8.87 Å². The van der Waals surface area contributed by atoms with Gasteiger partial charge in [0.25, 0.3) is 5.91 Å². The molecular formula is C27H25N3O3S2. The van der Waals surface area contributed by atoms with Crippen molar-refractivity contribution in [1.29, 1.82) is 0 Å². The second-order valence-corrected chi connectivity index (χ2v) is 11.3. The van der Waals surface area contributed by atoms with Crippen LogP contribution in [0, 0.1) is 26.2 Å². The van der Waals surface area contributed by atoms with Gasteiger partial charge in [0.05, 0.1) is 21.7 Å². The highest BCUT2D eigenvalue weighted by Crippen LogP contribution is 2.24. The lowest BCUT2D eigenvalue weighted by Crippen LogP contribution is -2.26. The number of thiazole rings is 1. The number of terminal acetylenes is 1. The predicted molar refractivity (Wildman–Crippen MR) is 140 cm³/mol. The standard InChI is InChI=1S/C27H25N3O3S2/c1-5-15-30-24-17-19(2)16-20(3)25(24)34-27(30)28-26(31)22-11-13-23(14-12-22)35(32,33)29(4)18-21-9-7-6-8-10-21/h1,6-14,16-17H,15,18H2,2-4H3. The van der Waals surface area contributed by atoms with Crippen LogP contribution in [0.5, 0.6) is 0 Å². The Balaban J connectivity index is 1.63. The van der Waals surface area contributed by atoms with Crippen molar-refractivity contribution in [3.05, 3.63) is 93.8 Å². The highest BCUT2D eigenvalue weighted by Gasteiger charge is 2.21. The van der Waals surface area contributed by atoms with E-state index in [0.717, 1.165) is 26.9 Å². The highest BCUT2D eigenvalue weighted by atomic mass is 32.2. The number of hydrogen-bond acceptors (Lipinski definition) is 4. The molecule has 35 heavy (non-hydrogen) atoms. The van der Waals surface area contributed by atoms with Crippen molar-refractivity contribution in [2.24, 2.45) is 4.99 Å². The smallest absolute Gasteiger partial charge is 0.279 e. The number of carbonyl (C=O) groups excluding carboxylic acids is 1. The van der Waals surface area contributed by atoms with Crippen LogP contribution in [0.2, 0.25) is 0 Å². The van der Waals surface area contributed by atoms with Crippen LogP contribution in [0.3, 0.4) is 0 Å². The number of amides is 1. The maximum absolute atomic E-state index is 13.0. The van der Waals surface area contributed by atoms with E-state index < -0.39 is 15.9 Å². The summed E-state index contributed by atoms with van der Waals surface area (Å²) in [7, 11) is -2.18. The van der Waals surface area contributed by atoms with E-state index >= 15 is 0 Å². The number of rotatable bonds is 6. The monoisotopic (exact) mass is 503 g/mol. The summed E-state index contributed by atoms with van der Waals surface area (Å²) < 4.78 is 30.1. The summed E-state index contributed by atoms with van der Waals surface area (Å²) in [5.74, 6) is 2.17. The lowest BCUT2D eigenvalue weighted by Gasteiger charge is -2.17. The summed E-state index contributed by atoms with van der Waals surface area (Å²) in [6, 6.07) is 19.3. The van der Waals surface area contributed by atoms with Crippen molar-refractivity contribution in [2.75, 3.05) is 7.05 Å². The third kappa shape index (κ3) is 5.13. The van der Waals surface area contributed by atoms with E-state index in [-0.39, 0.29) is 11.4 Å². The third-order valence-corrected chi connectivity index (χ3v) is 8.67. The van der Waals surface area contributed by atoms with E-state index in [1.54, 1.807) is 0 Å². The van der Waals surface area contributed by atoms with Crippen LogP contribution in [0.25, 0.3) is 10.2 Å². The van der Waals surface area contributed by atoms with Gasteiger partial charge in [-0.25, -0.2) is 8.42 Å². The van der Waals surface area contributed by atoms with Crippen LogP contribution in [-0.4, -0.2) is 30.2 Å². The van der Waals surface area contributed by atoms with Gasteiger partial charge in [-0.15, -0.1) is 6.42 Å². The summed E-state index contributed by atoms with van der Waals surface area (Å²) in [5.41, 5.74) is 4.33. The molecule has 8 heteroatoms. The topological polar surface area (TPSA) is 71.7 Å². The minimum absolute atomic E-state index is 0.114. The van der Waals surface area contributed by atoms with E-state index in [4.69, 9.17) is 6.42 Å². The van der Waals surface area contributed by atoms with Gasteiger partial charge in [0.1, 0.15) is 0 Å². The van der Waals surface area contributed by atoms with E-state index in [9.17, 15) is 13.2 Å². The first-order valence-electron chi connectivity index (χ1n) is 10.9. The molecule has 0 atom stereocenters. The molecule has 0 spiro atoms. The third-order valence-electron chi connectivity index (χ3n) is 5.62. The molecule has 0 aliphatic heterocycles. The molecule has 0 saturated heterocycles. The molecule has 1 amide bonds. The Morgan fingerprint density at radius 3 is 2.43 bits per heavy atom. The average Bonchev–Trinajstić information content (AvgIpc) is 3.17. The van der Waals surface area contributed by atoms with E-state index in [1.165, 1.54) is 47.0 Å². The summed E-state index contributed by atoms with van der Waals surface area (Å²) in [5, 5.41) is 0. The Hall–Kier alpha value is -3.51. The Kier molecular flexibility index (Phi) is 7.03. The first-order valence-corrected chi connectivity index (χ1v) is 13.2. The van der Waals surface area contributed by atoms with Crippen LogP contribution >= 0.6 is 11.3 Å². The number of nitrogens with zero attached hydrogens (tertiary/aromatic N) is 3. The molecule has 0 bridgehead atoms. The first-order chi connectivity index (χ1) is 16.7. The van der Waals surface area contributed by atoms with Gasteiger partial charge >= 0.3 is 0 Å². The lowest BCUT2D eigenvalue weighted by molar-refractivity contribution is 0.0998. The number of hydrogen-bond donors (Lipinski definition) is 0. The van der Waals surface area contributed by atoms with Crippen molar-refractivity contribution in [3.8, 4) is 12.3 Å². The average molecular weight is 504 g/mol. The normalized spacial score (nSPS) is 12.3. The number of benzene rings is 3. The molecule has 6 nitrogen and oxygen atoms in total. The van der Waals surface area contributed by atoms with Gasteiger partial charge in [-0.05, 0) is 60.9 Å². The molecule has 1 aromatic heterocycles. The molecule has 4 aromatic rings. The molecule has 4 rings (SSSR count). The zero-order valence-electron chi connectivity index (χ0n) is 19.7. The summed E-state index contributed by atoms with van der Waals surface area (Å²) in [6.45, 7) is 4.57. The van der Waals surface area contributed by atoms with Gasteiger partial charge in [0.2, 0.25) is 10.0 Å². The van der Waals surface area contributed by atoms with Crippen molar-refractivity contribution >= 4 is 37.5 Å². The van der Waals surface area contributed by atoms with Crippen LogP contribution in [0.4, 0.5) is 0 Å². The molecule has 0 unspecified atom stereocenters. The molecule has 0 aliphatic carbocycles. The lowest BCUT2D eigenvalue weighted by atomic mass is 10.1. The fourth-order valence-electron chi connectivity index (χ4n) is 3.87. The quantitative estimate of drug-likeness (QED) is 0.364. The summed E-state index contributed by atoms with van der Waals surface area (Å²) in [4.78, 5) is 17.9. The van der Waals surface area contributed by atoms with Crippen LogP contribution in [0.15, 0.2) is 76.6 Å². The Labute approximate surface area is 209 Å². The minimum atomic E-state index is -3.71. The van der Waals surface area contributed by atoms with E-state index in [0.29, 0.717) is 16.9 Å². The number of aromatic nitrogens is 1. The Morgan fingerprint density at radius 1 is 1.09 bits per heavy atom. The van der Waals surface area contributed by atoms with Crippen molar-refractivity contribution in [3.63, 3.8) is 0 Å². The number of aryl methyl sites for hydroxylation is 2. The van der Waals surface area contributed by atoms with Crippen molar-refractivity contribution in [2.45, 2.75) is 31.8 Å². The largest absolute Gasteiger partial charge is 0.305 e. The molecule has 0 fully saturated rings. The molecule has 178 valence electrons. The fraction of sp³-hybridized carbons (Fsp3) is 0.185.